The highest BCUT2D eigenvalue weighted by Gasteiger charge is 2.35. The number of hydrogen-bond acceptors (Lipinski definition) is 8. The Hall–Kier alpha value is -4.28. The van der Waals surface area contributed by atoms with Crippen molar-refractivity contribution in [2.24, 2.45) is 0 Å². The molecule has 0 spiro atoms. The van der Waals surface area contributed by atoms with Crippen LogP contribution in [0.2, 0.25) is 0 Å². The Morgan fingerprint density at radius 3 is 1.31 bits per heavy atom. The van der Waals surface area contributed by atoms with E-state index < -0.39 is 0 Å². The Labute approximate surface area is 252 Å². The second-order valence-corrected chi connectivity index (χ2v) is 11.9. The molecule has 0 saturated carbocycles. The molecule has 1 aliphatic rings. The van der Waals surface area contributed by atoms with Crippen LogP contribution in [0, 0.1) is 13.8 Å². The molecule has 2 heterocycles. The summed E-state index contributed by atoms with van der Waals surface area (Å²) in [6.07, 6.45) is 0. The highest BCUT2D eigenvalue weighted by molar-refractivity contribution is 8.07. The average Bonchev–Trinajstić information content (AvgIpc) is 3.61. The SMILES string of the molecule is CCn1c(SC2=C(Sc3nnc(-c4ccc(C)cc4)n3CC)C(=O)c3ccccc3C2=O)nnc1-c1ccc(C)cc1. The number of Topliss-reactive ketones (excluding diaryl/α,β-unsaturated/α-hetero) is 2. The van der Waals surface area contributed by atoms with E-state index in [0.717, 1.165) is 22.3 Å². The number of allylic oxidation sites excluding steroid dienone is 2. The molecule has 3 aromatic carbocycles. The van der Waals surface area contributed by atoms with E-state index in [4.69, 9.17) is 0 Å². The minimum Gasteiger partial charge on any atom is -0.302 e. The van der Waals surface area contributed by atoms with Crippen molar-refractivity contribution in [1.29, 1.82) is 0 Å². The summed E-state index contributed by atoms with van der Waals surface area (Å²) in [5.41, 5.74) is 4.93. The zero-order valence-electron chi connectivity index (χ0n) is 23.7. The number of ketones is 2. The molecule has 0 aliphatic heterocycles. The molecule has 5 aromatic rings. The van der Waals surface area contributed by atoms with Gasteiger partial charge in [0.1, 0.15) is 0 Å². The molecule has 0 saturated heterocycles. The van der Waals surface area contributed by atoms with Crippen molar-refractivity contribution in [2.75, 3.05) is 0 Å². The van der Waals surface area contributed by atoms with Crippen LogP contribution < -0.4 is 0 Å². The Morgan fingerprint density at radius 2 is 0.952 bits per heavy atom. The summed E-state index contributed by atoms with van der Waals surface area (Å²) >= 11 is 2.35. The van der Waals surface area contributed by atoms with Crippen LogP contribution in [0.4, 0.5) is 0 Å². The van der Waals surface area contributed by atoms with Gasteiger partial charge in [-0.2, -0.15) is 0 Å². The van der Waals surface area contributed by atoms with Crippen molar-refractivity contribution >= 4 is 35.1 Å². The number of rotatable bonds is 8. The number of carbonyl (C=O) groups is 2. The Morgan fingerprint density at radius 1 is 0.571 bits per heavy atom. The number of aromatic nitrogens is 6. The lowest BCUT2D eigenvalue weighted by Gasteiger charge is -2.20. The quantitative estimate of drug-likeness (QED) is 0.189. The Kier molecular flexibility index (Phi) is 7.66. The third-order valence-electron chi connectivity index (χ3n) is 7.11. The zero-order valence-corrected chi connectivity index (χ0v) is 25.3. The monoisotopic (exact) mass is 592 g/mol. The normalized spacial score (nSPS) is 13.1. The van der Waals surface area contributed by atoms with Crippen LogP contribution in [0.3, 0.4) is 0 Å². The van der Waals surface area contributed by atoms with Crippen LogP contribution in [0.5, 0.6) is 0 Å². The van der Waals surface area contributed by atoms with Crippen LogP contribution in [-0.2, 0) is 13.1 Å². The topological polar surface area (TPSA) is 95.6 Å². The maximum atomic E-state index is 13.9. The summed E-state index contributed by atoms with van der Waals surface area (Å²) in [5, 5.41) is 18.9. The standard InChI is InChI=1S/C32H28N6O2S2/c1-5-37-29(21-15-11-19(3)12-16-21)33-35-31(37)41-27-25(39)23-9-7-8-10-24(23)26(40)28(27)42-32-36-34-30(38(32)6-2)22-17-13-20(4)14-18-22/h7-18H,5-6H2,1-4H3. The molecule has 210 valence electrons. The van der Waals surface area contributed by atoms with Gasteiger partial charge in [0.2, 0.25) is 11.6 Å². The first-order valence-electron chi connectivity index (χ1n) is 13.7. The zero-order chi connectivity index (χ0) is 29.4. The van der Waals surface area contributed by atoms with Gasteiger partial charge in [0.15, 0.2) is 22.0 Å². The third-order valence-corrected chi connectivity index (χ3v) is 9.39. The maximum Gasteiger partial charge on any atom is 0.201 e. The third kappa shape index (κ3) is 5.01. The van der Waals surface area contributed by atoms with Gasteiger partial charge in [-0.25, -0.2) is 0 Å². The lowest BCUT2D eigenvalue weighted by Crippen LogP contribution is -2.20. The van der Waals surface area contributed by atoms with E-state index in [1.54, 1.807) is 24.3 Å². The van der Waals surface area contributed by atoms with Crippen molar-refractivity contribution in [1.82, 2.24) is 29.5 Å². The first kappa shape index (κ1) is 27.9. The van der Waals surface area contributed by atoms with Crippen LogP contribution in [0.25, 0.3) is 22.8 Å². The Balaban J connectivity index is 1.44. The van der Waals surface area contributed by atoms with Gasteiger partial charge in [0.05, 0.1) is 9.81 Å². The van der Waals surface area contributed by atoms with Gasteiger partial charge in [-0.1, -0.05) is 83.9 Å². The fourth-order valence-corrected chi connectivity index (χ4v) is 7.03. The predicted octanol–water partition coefficient (Wildman–Crippen LogP) is 7.04. The van der Waals surface area contributed by atoms with Crippen molar-refractivity contribution in [3.05, 3.63) is 105 Å². The molecular weight excluding hydrogens is 565 g/mol. The minimum atomic E-state index is -0.221. The van der Waals surface area contributed by atoms with Gasteiger partial charge in [0, 0.05) is 35.3 Å². The molecule has 0 fully saturated rings. The van der Waals surface area contributed by atoms with Crippen LogP contribution in [0.1, 0.15) is 45.7 Å². The number of nitrogens with zero attached hydrogens (tertiary/aromatic N) is 6. The minimum absolute atomic E-state index is 0.221. The highest BCUT2D eigenvalue weighted by Crippen LogP contribution is 2.43. The summed E-state index contributed by atoms with van der Waals surface area (Å²) in [4.78, 5) is 28.5. The molecule has 6 rings (SSSR count). The largest absolute Gasteiger partial charge is 0.302 e. The number of fused-ring (bicyclic) bond motifs is 1. The van der Waals surface area contributed by atoms with Gasteiger partial charge in [0.25, 0.3) is 0 Å². The summed E-state index contributed by atoms with van der Waals surface area (Å²) in [5.74, 6) is 0.972. The van der Waals surface area contributed by atoms with Crippen LogP contribution in [0.15, 0.2) is 92.9 Å². The van der Waals surface area contributed by atoms with Gasteiger partial charge in [-0.3, -0.25) is 9.59 Å². The molecule has 0 amide bonds. The van der Waals surface area contributed by atoms with Gasteiger partial charge in [-0.15, -0.1) is 20.4 Å². The molecule has 10 heteroatoms. The summed E-state index contributed by atoms with van der Waals surface area (Å²) in [6.45, 7) is 9.28. The molecular formula is C32H28N6O2S2. The lowest BCUT2D eigenvalue weighted by atomic mass is 9.94. The fraction of sp³-hybridized carbons (Fsp3) is 0.188. The smallest absolute Gasteiger partial charge is 0.201 e. The molecule has 0 unspecified atom stereocenters. The second-order valence-electron chi connectivity index (χ2n) is 9.90. The summed E-state index contributed by atoms with van der Waals surface area (Å²) in [7, 11) is 0. The van der Waals surface area contributed by atoms with Gasteiger partial charge in [-0.05, 0) is 51.2 Å². The number of aryl methyl sites for hydroxylation is 2. The summed E-state index contributed by atoms with van der Waals surface area (Å²) in [6, 6.07) is 23.1. The van der Waals surface area contributed by atoms with Gasteiger partial charge >= 0.3 is 0 Å². The molecule has 42 heavy (non-hydrogen) atoms. The molecule has 1 aliphatic carbocycles. The predicted molar refractivity (Wildman–Crippen MR) is 166 cm³/mol. The Bertz CT molecular complexity index is 1720. The first-order valence-corrected chi connectivity index (χ1v) is 15.3. The van der Waals surface area contributed by atoms with E-state index in [1.807, 2.05) is 85.4 Å². The molecule has 0 N–H and O–H groups in total. The number of hydrogen-bond donors (Lipinski definition) is 0. The number of benzene rings is 3. The van der Waals surface area contributed by atoms with E-state index in [0.29, 0.717) is 56.0 Å². The first-order chi connectivity index (χ1) is 20.4. The van der Waals surface area contributed by atoms with Crippen molar-refractivity contribution in [3.8, 4) is 22.8 Å². The fourth-order valence-electron chi connectivity index (χ4n) is 4.83. The number of thioether (sulfide) groups is 2. The van der Waals surface area contributed by atoms with Crippen LogP contribution >= 0.6 is 23.5 Å². The highest BCUT2D eigenvalue weighted by atomic mass is 32.2. The van der Waals surface area contributed by atoms with E-state index in [2.05, 4.69) is 20.4 Å². The van der Waals surface area contributed by atoms with E-state index in [-0.39, 0.29) is 11.6 Å². The van der Waals surface area contributed by atoms with E-state index in [9.17, 15) is 9.59 Å². The number of carbonyl (C=O) groups excluding carboxylic acids is 2. The maximum absolute atomic E-state index is 13.9. The van der Waals surface area contributed by atoms with Crippen molar-refractivity contribution in [2.45, 2.75) is 51.1 Å². The molecule has 2 aromatic heterocycles. The van der Waals surface area contributed by atoms with E-state index in [1.165, 1.54) is 23.5 Å². The van der Waals surface area contributed by atoms with Gasteiger partial charge < -0.3 is 9.13 Å². The second kappa shape index (κ2) is 11.5. The molecule has 0 atom stereocenters. The van der Waals surface area contributed by atoms with Crippen LogP contribution in [-0.4, -0.2) is 41.1 Å². The van der Waals surface area contributed by atoms with E-state index >= 15 is 0 Å². The molecule has 0 bridgehead atoms. The molecule has 8 nitrogen and oxygen atoms in total. The lowest BCUT2D eigenvalue weighted by molar-refractivity contribution is 0.0988. The van der Waals surface area contributed by atoms with Crippen molar-refractivity contribution in [3.63, 3.8) is 0 Å². The average molecular weight is 593 g/mol. The van der Waals surface area contributed by atoms with Crippen molar-refractivity contribution < 1.29 is 9.59 Å². The molecule has 0 radical (unpaired) electrons. The summed E-state index contributed by atoms with van der Waals surface area (Å²) < 4.78 is 3.93.